The fraction of sp³-hybridized carbons (Fsp3) is 0.333. The van der Waals surface area contributed by atoms with Gasteiger partial charge < -0.3 is 9.47 Å². The van der Waals surface area contributed by atoms with Crippen molar-refractivity contribution in [1.29, 1.82) is 0 Å². The van der Waals surface area contributed by atoms with Crippen LogP contribution in [0.3, 0.4) is 0 Å². The molecule has 1 aromatic rings. The molecule has 0 fully saturated rings. The number of benzene rings is 1. The van der Waals surface area contributed by atoms with Gasteiger partial charge in [-0.1, -0.05) is 12.2 Å². The van der Waals surface area contributed by atoms with Crippen LogP contribution < -0.4 is 9.47 Å². The molecule has 17 heavy (non-hydrogen) atoms. The van der Waals surface area contributed by atoms with Gasteiger partial charge in [0.1, 0.15) is 0 Å². The number of rotatable bonds is 2. The van der Waals surface area contributed by atoms with E-state index in [-0.39, 0.29) is 24.5 Å². The van der Waals surface area contributed by atoms with Crippen LogP contribution in [0.25, 0.3) is 0 Å². The van der Waals surface area contributed by atoms with Crippen molar-refractivity contribution in [2.45, 2.75) is 19.5 Å². The van der Waals surface area contributed by atoms with Crippen molar-refractivity contribution < 1.29 is 22.6 Å². The van der Waals surface area contributed by atoms with Crippen molar-refractivity contribution >= 4 is 0 Å². The molecule has 92 valence electrons. The van der Waals surface area contributed by atoms with Gasteiger partial charge in [0.05, 0.1) is 5.56 Å². The van der Waals surface area contributed by atoms with E-state index in [2.05, 4.69) is 6.58 Å². The molecule has 1 aliphatic rings. The summed E-state index contributed by atoms with van der Waals surface area (Å²) in [5.41, 5.74) is 0.133. The molecular weight excluding hydrogens is 233 g/mol. The van der Waals surface area contributed by atoms with Gasteiger partial charge in [-0.2, -0.15) is 13.2 Å². The first-order valence-corrected chi connectivity index (χ1v) is 5.02. The molecule has 1 aliphatic heterocycles. The Hall–Kier alpha value is -1.65. The summed E-state index contributed by atoms with van der Waals surface area (Å²) in [5.74, 6) is 0.497. The van der Waals surface area contributed by atoms with Gasteiger partial charge in [-0.15, -0.1) is 0 Å². The third kappa shape index (κ3) is 2.38. The summed E-state index contributed by atoms with van der Waals surface area (Å²) in [6.07, 6.45) is -4.22. The molecule has 0 saturated carbocycles. The lowest BCUT2D eigenvalue weighted by Crippen LogP contribution is -2.09. The Kier molecular flexibility index (Phi) is 2.77. The highest BCUT2D eigenvalue weighted by Gasteiger charge is 2.35. The van der Waals surface area contributed by atoms with Gasteiger partial charge in [-0.3, -0.25) is 0 Å². The number of hydrogen-bond acceptors (Lipinski definition) is 2. The Morgan fingerprint density at radius 1 is 1.29 bits per heavy atom. The quantitative estimate of drug-likeness (QED) is 0.740. The van der Waals surface area contributed by atoms with Crippen LogP contribution in [0.4, 0.5) is 13.2 Å². The first-order chi connectivity index (χ1) is 7.88. The number of allylic oxidation sites excluding steroid dienone is 1. The van der Waals surface area contributed by atoms with E-state index in [1.165, 1.54) is 6.07 Å². The summed E-state index contributed by atoms with van der Waals surface area (Å²) >= 11 is 0. The normalized spacial score (nSPS) is 13.9. The smallest absolute Gasteiger partial charge is 0.416 e. The first-order valence-electron chi connectivity index (χ1n) is 5.02. The van der Waals surface area contributed by atoms with Crippen molar-refractivity contribution in [2.24, 2.45) is 0 Å². The molecule has 0 amide bonds. The largest absolute Gasteiger partial charge is 0.454 e. The van der Waals surface area contributed by atoms with Crippen LogP contribution in [0.1, 0.15) is 18.1 Å². The maximum Gasteiger partial charge on any atom is 0.416 e. The van der Waals surface area contributed by atoms with Crippen LogP contribution in [0, 0.1) is 0 Å². The van der Waals surface area contributed by atoms with Gasteiger partial charge in [0, 0.05) is 0 Å². The molecule has 0 N–H and O–H groups in total. The average molecular weight is 244 g/mol. The van der Waals surface area contributed by atoms with E-state index in [0.29, 0.717) is 11.3 Å². The second-order valence-corrected chi connectivity index (χ2v) is 3.99. The Bertz CT molecular complexity index is 464. The third-order valence-electron chi connectivity index (χ3n) is 2.40. The lowest BCUT2D eigenvalue weighted by Gasteiger charge is -2.13. The Labute approximate surface area is 96.6 Å². The van der Waals surface area contributed by atoms with Crippen LogP contribution in [-0.4, -0.2) is 6.79 Å². The summed E-state index contributed by atoms with van der Waals surface area (Å²) in [7, 11) is 0. The van der Waals surface area contributed by atoms with Gasteiger partial charge >= 0.3 is 6.18 Å². The van der Waals surface area contributed by atoms with Crippen molar-refractivity contribution in [3.05, 3.63) is 35.4 Å². The van der Waals surface area contributed by atoms with E-state index >= 15 is 0 Å². The van der Waals surface area contributed by atoms with E-state index in [1.54, 1.807) is 6.92 Å². The van der Waals surface area contributed by atoms with E-state index in [0.717, 1.165) is 6.07 Å². The molecular formula is C12H11F3O2. The zero-order chi connectivity index (χ0) is 12.6. The minimum atomic E-state index is -4.40. The summed E-state index contributed by atoms with van der Waals surface area (Å²) < 4.78 is 48.5. The molecule has 0 bridgehead atoms. The molecule has 0 radical (unpaired) electrons. The molecule has 0 unspecified atom stereocenters. The molecule has 2 nitrogen and oxygen atoms in total. The summed E-state index contributed by atoms with van der Waals surface area (Å²) in [4.78, 5) is 0. The Morgan fingerprint density at radius 2 is 1.88 bits per heavy atom. The summed E-state index contributed by atoms with van der Waals surface area (Å²) in [5, 5.41) is 0. The lowest BCUT2D eigenvalue weighted by molar-refractivity contribution is -0.138. The molecule has 5 heteroatoms. The fourth-order valence-electron chi connectivity index (χ4n) is 1.72. The van der Waals surface area contributed by atoms with Gasteiger partial charge in [0.2, 0.25) is 6.79 Å². The molecule has 2 rings (SSSR count). The standard InChI is InChI=1S/C12H11F3O2/c1-7(2)3-8-4-10-11(17-6-16-10)5-9(8)12(13,14)15/h4-5H,1,3,6H2,2H3. The van der Waals surface area contributed by atoms with Crippen LogP contribution in [0.2, 0.25) is 0 Å². The van der Waals surface area contributed by atoms with E-state index in [4.69, 9.17) is 9.47 Å². The highest BCUT2D eigenvalue weighted by molar-refractivity contribution is 5.50. The second-order valence-electron chi connectivity index (χ2n) is 3.99. The Balaban J connectivity index is 2.51. The first kappa shape index (κ1) is 11.8. The van der Waals surface area contributed by atoms with Gasteiger partial charge in [-0.05, 0) is 31.0 Å². The average Bonchev–Trinajstić information content (AvgIpc) is 2.60. The maximum atomic E-state index is 12.8. The van der Waals surface area contributed by atoms with E-state index in [1.807, 2.05) is 0 Å². The molecule has 0 aromatic heterocycles. The number of fused-ring (bicyclic) bond motifs is 1. The fourth-order valence-corrected chi connectivity index (χ4v) is 1.72. The number of ether oxygens (including phenoxy) is 2. The second kappa shape index (κ2) is 3.98. The molecule has 1 heterocycles. The van der Waals surface area contributed by atoms with Crippen molar-refractivity contribution in [3.63, 3.8) is 0 Å². The number of alkyl halides is 3. The van der Waals surface area contributed by atoms with E-state index in [9.17, 15) is 13.2 Å². The van der Waals surface area contributed by atoms with Crippen molar-refractivity contribution in [2.75, 3.05) is 6.79 Å². The zero-order valence-corrected chi connectivity index (χ0v) is 9.23. The predicted octanol–water partition coefficient (Wildman–Crippen LogP) is 3.55. The Morgan fingerprint density at radius 3 is 2.41 bits per heavy atom. The molecule has 1 aromatic carbocycles. The van der Waals surface area contributed by atoms with Gasteiger partial charge in [0.25, 0.3) is 0 Å². The highest BCUT2D eigenvalue weighted by Crippen LogP contribution is 2.41. The molecule has 0 atom stereocenters. The van der Waals surface area contributed by atoms with Crippen LogP contribution in [0.15, 0.2) is 24.3 Å². The van der Waals surface area contributed by atoms with Gasteiger partial charge in [0.15, 0.2) is 11.5 Å². The molecule has 0 saturated heterocycles. The number of halogens is 3. The predicted molar refractivity (Wildman–Crippen MR) is 56.1 cm³/mol. The minimum Gasteiger partial charge on any atom is -0.454 e. The SMILES string of the molecule is C=C(C)Cc1cc2c(cc1C(F)(F)F)OCO2. The van der Waals surface area contributed by atoms with E-state index < -0.39 is 11.7 Å². The van der Waals surface area contributed by atoms with Crippen LogP contribution in [-0.2, 0) is 12.6 Å². The van der Waals surface area contributed by atoms with Crippen LogP contribution in [0.5, 0.6) is 11.5 Å². The summed E-state index contributed by atoms with van der Waals surface area (Å²) in [6, 6.07) is 2.36. The highest BCUT2D eigenvalue weighted by atomic mass is 19.4. The third-order valence-corrected chi connectivity index (χ3v) is 2.40. The zero-order valence-electron chi connectivity index (χ0n) is 9.23. The number of hydrogen-bond donors (Lipinski definition) is 0. The van der Waals surface area contributed by atoms with Crippen LogP contribution >= 0.6 is 0 Å². The molecule has 0 aliphatic carbocycles. The molecule has 0 spiro atoms. The monoisotopic (exact) mass is 244 g/mol. The minimum absolute atomic E-state index is 0.0385. The van der Waals surface area contributed by atoms with Gasteiger partial charge in [-0.25, -0.2) is 0 Å². The maximum absolute atomic E-state index is 12.8. The van der Waals surface area contributed by atoms with Crippen molar-refractivity contribution in [3.8, 4) is 11.5 Å². The summed E-state index contributed by atoms with van der Waals surface area (Å²) in [6.45, 7) is 5.27. The van der Waals surface area contributed by atoms with Crippen molar-refractivity contribution in [1.82, 2.24) is 0 Å². The lowest BCUT2D eigenvalue weighted by atomic mass is 10.00. The topological polar surface area (TPSA) is 18.5 Å².